The summed E-state index contributed by atoms with van der Waals surface area (Å²) in [6, 6.07) is 9.55. The molecule has 1 atom stereocenters. The summed E-state index contributed by atoms with van der Waals surface area (Å²) in [5.41, 5.74) is 0.843. The lowest BCUT2D eigenvalue weighted by molar-refractivity contribution is 0.0962. The number of carbonyl (C=O) groups is 1. The summed E-state index contributed by atoms with van der Waals surface area (Å²) in [4.78, 5) is 11.7. The molecule has 0 amide bonds. The van der Waals surface area contributed by atoms with Crippen LogP contribution in [0.15, 0.2) is 30.3 Å². The van der Waals surface area contributed by atoms with Crippen LogP contribution in [0.1, 0.15) is 43.5 Å². The Morgan fingerprint density at radius 1 is 1.29 bits per heavy atom. The van der Waals surface area contributed by atoms with E-state index in [1.807, 2.05) is 30.3 Å². The predicted molar refractivity (Wildman–Crippen MR) is 59.5 cm³/mol. The van der Waals surface area contributed by atoms with Crippen LogP contribution in [0.3, 0.4) is 0 Å². The highest BCUT2D eigenvalue weighted by Crippen LogP contribution is 2.13. The lowest BCUT2D eigenvalue weighted by Crippen LogP contribution is -2.05. The van der Waals surface area contributed by atoms with Crippen LogP contribution in [0.5, 0.6) is 0 Å². The quantitative estimate of drug-likeness (QED) is 0.647. The maximum atomic E-state index is 11.7. The standard InChI is InChI=1S/C13H18O/c1-3-7-11(2)10-13(14)12-8-5-4-6-9-12/h4-6,8-9,11H,3,7,10H2,1-2H3/t11-/m1/s1. The van der Waals surface area contributed by atoms with Crippen molar-refractivity contribution in [1.29, 1.82) is 0 Å². The molecule has 0 bridgehead atoms. The average Bonchev–Trinajstić information content (AvgIpc) is 2.19. The van der Waals surface area contributed by atoms with Crippen molar-refractivity contribution in [2.75, 3.05) is 0 Å². The first-order chi connectivity index (χ1) is 6.74. The third-order valence-electron chi connectivity index (χ3n) is 2.41. The van der Waals surface area contributed by atoms with Crippen LogP contribution < -0.4 is 0 Å². The lowest BCUT2D eigenvalue weighted by atomic mass is 9.96. The highest BCUT2D eigenvalue weighted by atomic mass is 16.1. The summed E-state index contributed by atoms with van der Waals surface area (Å²) in [6.45, 7) is 4.30. The average molecular weight is 190 g/mol. The van der Waals surface area contributed by atoms with Crippen molar-refractivity contribution in [2.45, 2.75) is 33.1 Å². The number of hydrogen-bond donors (Lipinski definition) is 0. The van der Waals surface area contributed by atoms with Gasteiger partial charge in [-0.25, -0.2) is 0 Å². The smallest absolute Gasteiger partial charge is 0.163 e. The number of Topliss-reactive ketones (excluding diaryl/α,β-unsaturated/α-hetero) is 1. The third kappa shape index (κ3) is 3.33. The Morgan fingerprint density at radius 2 is 1.93 bits per heavy atom. The number of benzene rings is 1. The van der Waals surface area contributed by atoms with Crippen LogP contribution in [0.4, 0.5) is 0 Å². The lowest BCUT2D eigenvalue weighted by Gasteiger charge is -2.08. The molecule has 0 aliphatic carbocycles. The zero-order valence-corrected chi connectivity index (χ0v) is 8.99. The molecule has 0 aromatic heterocycles. The monoisotopic (exact) mass is 190 g/mol. The van der Waals surface area contributed by atoms with Crippen LogP contribution in [0.25, 0.3) is 0 Å². The van der Waals surface area contributed by atoms with E-state index in [-0.39, 0.29) is 5.78 Å². The van der Waals surface area contributed by atoms with Gasteiger partial charge in [0.05, 0.1) is 0 Å². The van der Waals surface area contributed by atoms with Gasteiger partial charge in [0, 0.05) is 12.0 Å². The van der Waals surface area contributed by atoms with E-state index in [1.54, 1.807) is 0 Å². The summed E-state index contributed by atoms with van der Waals surface area (Å²) in [5.74, 6) is 0.777. The second-order valence-electron chi connectivity index (χ2n) is 3.89. The molecule has 76 valence electrons. The molecule has 0 saturated heterocycles. The fraction of sp³-hybridized carbons (Fsp3) is 0.462. The number of carbonyl (C=O) groups excluding carboxylic acids is 1. The first-order valence-electron chi connectivity index (χ1n) is 5.32. The molecule has 0 unspecified atom stereocenters. The van der Waals surface area contributed by atoms with Gasteiger partial charge in [-0.15, -0.1) is 0 Å². The van der Waals surface area contributed by atoms with Gasteiger partial charge in [0.1, 0.15) is 0 Å². The molecule has 1 aromatic rings. The first kappa shape index (κ1) is 11.0. The minimum Gasteiger partial charge on any atom is -0.294 e. The molecule has 0 aliphatic rings. The predicted octanol–water partition coefficient (Wildman–Crippen LogP) is 3.70. The minimum absolute atomic E-state index is 0.270. The van der Waals surface area contributed by atoms with Crippen molar-refractivity contribution in [3.63, 3.8) is 0 Å². The molecule has 1 heteroatoms. The van der Waals surface area contributed by atoms with Gasteiger partial charge in [0.2, 0.25) is 0 Å². The van der Waals surface area contributed by atoms with Crippen molar-refractivity contribution < 1.29 is 4.79 Å². The highest BCUT2D eigenvalue weighted by Gasteiger charge is 2.09. The van der Waals surface area contributed by atoms with Crippen molar-refractivity contribution in [2.24, 2.45) is 5.92 Å². The van der Waals surface area contributed by atoms with Gasteiger partial charge in [-0.1, -0.05) is 57.0 Å². The third-order valence-corrected chi connectivity index (χ3v) is 2.41. The molecule has 0 N–H and O–H groups in total. The fourth-order valence-electron chi connectivity index (χ4n) is 1.65. The summed E-state index contributed by atoms with van der Waals surface area (Å²) < 4.78 is 0. The Hall–Kier alpha value is -1.11. The van der Waals surface area contributed by atoms with Crippen molar-refractivity contribution in [3.05, 3.63) is 35.9 Å². The molecular weight excluding hydrogens is 172 g/mol. The van der Waals surface area contributed by atoms with Crippen LogP contribution in [-0.2, 0) is 0 Å². The summed E-state index contributed by atoms with van der Waals surface area (Å²) in [5, 5.41) is 0. The van der Waals surface area contributed by atoms with Crippen molar-refractivity contribution in [3.8, 4) is 0 Å². The number of hydrogen-bond acceptors (Lipinski definition) is 1. The SMILES string of the molecule is CCC[C@@H](C)CC(=O)c1ccccc1. The molecule has 0 heterocycles. The van der Waals surface area contributed by atoms with E-state index < -0.39 is 0 Å². The van der Waals surface area contributed by atoms with E-state index in [4.69, 9.17) is 0 Å². The van der Waals surface area contributed by atoms with Crippen LogP contribution in [-0.4, -0.2) is 5.78 Å². The Labute approximate surface area is 86.1 Å². The fourth-order valence-corrected chi connectivity index (χ4v) is 1.65. The van der Waals surface area contributed by atoms with Gasteiger partial charge in [-0.2, -0.15) is 0 Å². The van der Waals surface area contributed by atoms with Gasteiger partial charge >= 0.3 is 0 Å². The molecule has 0 aliphatic heterocycles. The maximum Gasteiger partial charge on any atom is 0.163 e. The van der Waals surface area contributed by atoms with E-state index in [0.717, 1.165) is 18.4 Å². The van der Waals surface area contributed by atoms with Gasteiger partial charge in [0.25, 0.3) is 0 Å². The first-order valence-corrected chi connectivity index (χ1v) is 5.32. The van der Waals surface area contributed by atoms with Gasteiger partial charge in [-0.05, 0) is 5.92 Å². The molecule has 1 aromatic carbocycles. The Kier molecular flexibility index (Phi) is 4.37. The van der Waals surface area contributed by atoms with E-state index >= 15 is 0 Å². The van der Waals surface area contributed by atoms with Gasteiger partial charge < -0.3 is 0 Å². The molecule has 1 nitrogen and oxygen atoms in total. The van der Waals surface area contributed by atoms with E-state index in [9.17, 15) is 4.79 Å². The number of rotatable bonds is 5. The maximum absolute atomic E-state index is 11.7. The molecular formula is C13H18O. The van der Waals surface area contributed by atoms with E-state index in [0.29, 0.717) is 12.3 Å². The minimum atomic E-state index is 0.270. The Bertz CT molecular complexity index is 277. The number of ketones is 1. The van der Waals surface area contributed by atoms with Crippen LogP contribution in [0, 0.1) is 5.92 Å². The van der Waals surface area contributed by atoms with Crippen molar-refractivity contribution >= 4 is 5.78 Å². The van der Waals surface area contributed by atoms with Crippen LogP contribution >= 0.6 is 0 Å². The van der Waals surface area contributed by atoms with E-state index in [1.165, 1.54) is 0 Å². The zero-order valence-electron chi connectivity index (χ0n) is 8.99. The molecule has 0 radical (unpaired) electrons. The summed E-state index contributed by atoms with van der Waals surface area (Å²) >= 11 is 0. The highest BCUT2D eigenvalue weighted by molar-refractivity contribution is 5.96. The molecule has 1 rings (SSSR count). The molecule has 0 saturated carbocycles. The molecule has 0 fully saturated rings. The Morgan fingerprint density at radius 3 is 2.50 bits per heavy atom. The molecule has 14 heavy (non-hydrogen) atoms. The second-order valence-corrected chi connectivity index (χ2v) is 3.89. The second kappa shape index (κ2) is 5.58. The summed E-state index contributed by atoms with van der Waals surface area (Å²) in [6.07, 6.45) is 2.97. The van der Waals surface area contributed by atoms with Gasteiger partial charge in [-0.3, -0.25) is 4.79 Å². The largest absolute Gasteiger partial charge is 0.294 e. The van der Waals surface area contributed by atoms with Crippen LogP contribution in [0.2, 0.25) is 0 Å². The molecule has 0 spiro atoms. The summed E-state index contributed by atoms with van der Waals surface area (Å²) in [7, 11) is 0. The van der Waals surface area contributed by atoms with Gasteiger partial charge in [0.15, 0.2) is 5.78 Å². The van der Waals surface area contributed by atoms with E-state index in [2.05, 4.69) is 13.8 Å². The Balaban J connectivity index is 2.51. The zero-order chi connectivity index (χ0) is 10.4. The normalized spacial score (nSPS) is 12.4. The van der Waals surface area contributed by atoms with Crippen molar-refractivity contribution in [1.82, 2.24) is 0 Å². The topological polar surface area (TPSA) is 17.1 Å².